The van der Waals surface area contributed by atoms with Crippen molar-refractivity contribution >= 4 is 17.3 Å². The van der Waals surface area contributed by atoms with Gasteiger partial charge >= 0.3 is 0 Å². The molecule has 0 aromatic heterocycles. The lowest BCUT2D eigenvalue weighted by molar-refractivity contribution is 0.0981. The second-order valence-corrected chi connectivity index (χ2v) is 6.80. The minimum absolute atomic E-state index is 0.0259. The Morgan fingerprint density at radius 2 is 1.41 bits per heavy atom. The summed E-state index contributed by atoms with van der Waals surface area (Å²) in [5, 5.41) is 2.97. The highest BCUT2D eigenvalue weighted by molar-refractivity contribution is 6.18. The number of hydrogen-bond acceptors (Lipinski definition) is 2. The topological polar surface area (TPSA) is 41.5 Å². The van der Waals surface area contributed by atoms with Crippen LogP contribution in [0.5, 0.6) is 0 Å². The summed E-state index contributed by atoms with van der Waals surface area (Å²) in [4.78, 5) is 17.4. The molecule has 0 saturated carbocycles. The monoisotopic (exact) mass is 350 g/mol. The highest BCUT2D eigenvalue weighted by Crippen LogP contribution is 2.35. The van der Waals surface area contributed by atoms with Crippen LogP contribution < -0.4 is 5.32 Å². The van der Waals surface area contributed by atoms with Crippen LogP contribution in [0.3, 0.4) is 0 Å². The molecule has 3 aromatic rings. The van der Waals surface area contributed by atoms with Crippen molar-refractivity contribution in [3.63, 3.8) is 0 Å². The van der Waals surface area contributed by atoms with E-state index in [9.17, 15) is 4.79 Å². The van der Waals surface area contributed by atoms with Gasteiger partial charge in [-0.1, -0.05) is 78.9 Å². The van der Waals surface area contributed by atoms with Crippen molar-refractivity contribution in [3.8, 4) is 0 Å². The summed E-state index contributed by atoms with van der Waals surface area (Å²) >= 11 is 0. The predicted octanol–water partition coefficient (Wildman–Crippen LogP) is 4.75. The number of nitrogens with one attached hydrogen (secondary N) is 1. The Morgan fingerprint density at radius 1 is 0.778 bits per heavy atom. The second-order valence-electron chi connectivity index (χ2n) is 6.80. The van der Waals surface area contributed by atoms with Crippen molar-refractivity contribution in [1.82, 2.24) is 5.32 Å². The summed E-state index contributed by atoms with van der Waals surface area (Å²) in [6, 6.07) is 26.5. The number of aliphatic imine (C=N–C) groups is 1. The largest absolute Gasteiger partial charge is 0.322 e. The Hall–Kier alpha value is -3.46. The van der Waals surface area contributed by atoms with E-state index < -0.39 is 0 Å². The molecule has 0 saturated heterocycles. The zero-order valence-corrected chi connectivity index (χ0v) is 14.7. The van der Waals surface area contributed by atoms with Crippen molar-refractivity contribution in [2.45, 2.75) is 12.5 Å². The van der Waals surface area contributed by atoms with Crippen molar-refractivity contribution in [2.24, 2.45) is 4.99 Å². The molecule has 1 aliphatic heterocycles. The van der Waals surface area contributed by atoms with Crippen molar-refractivity contribution < 1.29 is 4.79 Å². The number of rotatable bonds is 3. The summed E-state index contributed by atoms with van der Waals surface area (Å²) in [6.45, 7) is 0. The van der Waals surface area contributed by atoms with E-state index in [0.29, 0.717) is 6.42 Å². The van der Waals surface area contributed by atoms with E-state index in [0.717, 1.165) is 39.2 Å². The Bertz CT molecular complexity index is 1040. The standard InChI is InChI=1S/C24H18N2O/c27-24-19-13-7-12-18-20(14-15-21(26-24)22(18)19)25-23(16-8-3-1-4-9-16)17-10-5-2-6-11-17/h1-13,15,23H,14H2,(H,26,27). The van der Waals surface area contributed by atoms with Gasteiger partial charge in [-0.25, -0.2) is 0 Å². The first-order valence-corrected chi connectivity index (χ1v) is 9.13. The van der Waals surface area contributed by atoms with Gasteiger partial charge in [0.1, 0.15) is 6.04 Å². The van der Waals surface area contributed by atoms with Gasteiger partial charge in [0.2, 0.25) is 0 Å². The van der Waals surface area contributed by atoms with Gasteiger partial charge in [-0.3, -0.25) is 9.79 Å². The average molecular weight is 350 g/mol. The van der Waals surface area contributed by atoms with E-state index in [2.05, 4.69) is 41.7 Å². The molecule has 3 heteroatoms. The van der Waals surface area contributed by atoms with E-state index in [1.807, 2.05) is 48.5 Å². The van der Waals surface area contributed by atoms with Gasteiger partial charge in [-0.2, -0.15) is 0 Å². The normalized spacial score (nSPS) is 16.3. The SMILES string of the molecule is O=C1NC2=CCC(=NC(c3ccccc3)c3ccccc3)c3cccc1c32. The Labute approximate surface area is 158 Å². The van der Waals surface area contributed by atoms with Crippen molar-refractivity contribution in [3.05, 3.63) is 113 Å². The second kappa shape index (κ2) is 6.36. The first-order chi connectivity index (χ1) is 13.3. The summed E-state index contributed by atoms with van der Waals surface area (Å²) < 4.78 is 0. The van der Waals surface area contributed by atoms with Gasteiger partial charge in [0, 0.05) is 34.5 Å². The number of amides is 1. The molecule has 0 spiro atoms. The molecule has 0 fully saturated rings. The van der Waals surface area contributed by atoms with Gasteiger partial charge in [0.15, 0.2) is 0 Å². The van der Waals surface area contributed by atoms with Gasteiger partial charge in [0.25, 0.3) is 5.91 Å². The fourth-order valence-corrected chi connectivity index (χ4v) is 3.88. The molecule has 0 radical (unpaired) electrons. The lowest BCUT2D eigenvalue weighted by Gasteiger charge is -2.20. The minimum Gasteiger partial charge on any atom is -0.322 e. The highest BCUT2D eigenvalue weighted by atomic mass is 16.1. The first kappa shape index (κ1) is 15.8. The number of benzene rings is 3. The van der Waals surface area contributed by atoms with Crippen LogP contribution in [0, 0.1) is 0 Å². The zero-order chi connectivity index (χ0) is 18.2. The average Bonchev–Trinajstić information content (AvgIpc) is 3.06. The molecule has 1 amide bonds. The lowest BCUT2D eigenvalue weighted by atomic mass is 9.90. The van der Waals surface area contributed by atoms with Crippen LogP contribution in [0.1, 0.15) is 45.1 Å². The molecule has 5 rings (SSSR count). The van der Waals surface area contributed by atoms with E-state index in [-0.39, 0.29) is 11.9 Å². The quantitative estimate of drug-likeness (QED) is 0.727. The number of nitrogens with zero attached hydrogens (tertiary/aromatic N) is 1. The first-order valence-electron chi connectivity index (χ1n) is 9.13. The van der Waals surface area contributed by atoms with Crippen LogP contribution in [0.25, 0.3) is 5.70 Å². The number of carbonyl (C=O) groups is 1. The third-order valence-electron chi connectivity index (χ3n) is 5.15. The van der Waals surface area contributed by atoms with E-state index in [1.54, 1.807) is 0 Å². The third kappa shape index (κ3) is 2.68. The highest BCUT2D eigenvalue weighted by Gasteiger charge is 2.30. The fraction of sp³-hybridized carbons (Fsp3) is 0.0833. The summed E-state index contributed by atoms with van der Waals surface area (Å²) in [5.74, 6) is -0.0259. The van der Waals surface area contributed by atoms with E-state index >= 15 is 0 Å². The summed E-state index contributed by atoms with van der Waals surface area (Å²) in [7, 11) is 0. The lowest BCUT2D eigenvalue weighted by Crippen LogP contribution is -2.15. The Morgan fingerprint density at radius 3 is 2.07 bits per heavy atom. The number of allylic oxidation sites excluding steroid dienone is 1. The molecule has 1 heterocycles. The molecule has 2 aliphatic rings. The molecule has 0 bridgehead atoms. The maximum Gasteiger partial charge on any atom is 0.256 e. The van der Waals surface area contributed by atoms with Crippen LogP contribution in [0.15, 0.2) is 89.9 Å². The molecular weight excluding hydrogens is 332 g/mol. The minimum atomic E-state index is -0.0710. The van der Waals surface area contributed by atoms with Gasteiger partial charge in [-0.15, -0.1) is 0 Å². The van der Waals surface area contributed by atoms with Crippen LogP contribution >= 0.6 is 0 Å². The van der Waals surface area contributed by atoms with E-state index in [4.69, 9.17) is 4.99 Å². The molecular formula is C24H18N2O. The molecule has 3 nitrogen and oxygen atoms in total. The molecule has 0 atom stereocenters. The van der Waals surface area contributed by atoms with Crippen LogP contribution in [0.4, 0.5) is 0 Å². The van der Waals surface area contributed by atoms with Gasteiger partial charge in [0.05, 0.1) is 0 Å². The summed E-state index contributed by atoms with van der Waals surface area (Å²) in [5.41, 5.74) is 7.04. The van der Waals surface area contributed by atoms with E-state index in [1.165, 1.54) is 0 Å². The smallest absolute Gasteiger partial charge is 0.256 e. The van der Waals surface area contributed by atoms with Gasteiger partial charge in [-0.05, 0) is 17.2 Å². The third-order valence-corrected chi connectivity index (χ3v) is 5.15. The van der Waals surface area contributed by atoms with Crippen LogP contribution in [0.2, 0.25) is 0 Å². The molecule has 1 N–H and O–H groups in total. The summed E-state index contributed by atoms with van der Waals surface area (Å²) in [6.07, 6.45) is 2.78. The molecule has 0 unspecified atom stereocenters. The Balaban J connectivity index is 1.66. The fourth-order valence-electron chi connectivity index (χ4n) is 3.88. The van der Waals surface area contributed by atoms with Crippen LogP contribution in [-0.2, 0) is 0 Å². The maximum atomic E-state index is 12.2. The number of carbonyl (C=O) groups excluding carboxylic acids is 1. The molecule has 3 aromatic carbocycles. The van der Waals surface area contributed by atoms with Gasteiger partial charge < -0.3 is 5.32 Å². The van der Waals surface area contributed by atoms with Crippen molar-refractivity contribution in [1.29, 1.82) is 0 Å². The van der Waals surface area contributed by atoms with Crippen molar-refractivity contribution in [2.75, 3.05) is 0 Å². The molecule has 27 heavy (non-hydrogen) atoms. The Kier molecular flexibility index (Phi) is 3.72. The van der Waals surface area contributed by atoms with Crippen LogP contribution in [-0.4, -0.2) is 11.6 Å². The molecule has 1 aliphatic carbocycles. The molecule has 130 valence electrons. The number of hydrogen-bond donors (Lipinski definition) is 1. The predicted molar refractivity (Wildman–Crippen MR) is 108 cm³/mol. The zero-order valence-electron chi connectivity index (χ0n) is 14.7. The maximum absolute atomic E-state index is 12.2.